The summed E-state index contributed by atoms with van der Waals surface area (Å²) in [4.78, 5) is 2.14. The first kappa shape index (κ1) is 15.7. The molecule has 128 valence electrons. The lowest BCUT2D eigenvalue weighted by molar-refractivity contribution is 0.114. The monoisotopic (exact) mass is 338 g/mol. The fourth-order valence-corrected chi connectivity index (χ4v) is 3.13. The number of hydrogen-bond donors (Lipinski definition) is 0. The molecule has 1 aromatic heterocycles. The number of methoxy groups -OCH3 is 1. The molecule has 0 saturated carbocycles. The molecule has 0 N–H and O–H groups in total. The predicted octanol–water partition coefficient (Wildman–Crippen LogP) is 4.16. The van der Waals surface area contributed by atoms with E-state index >= 15 is 0 Å². The first-order valence-corrected chi connectivity index (χ1v) is 8.21. The Morgan fingerprint density at radius 2 is 1.92 bits per heavy atom. The van der Waals surface area contributed by atoms with Gasteiger partial charge in [-0.1, -0.05) is 6.07 Å². The number of hydrogen-bond acceptors (Lipinski definition) is 3. The molecule has 0 aliphatic carbocycles. The Kier molecular flexibility index (Phi) is 4.15. The summed E-state index contributed by atoms with van der Waals surface area (Å²) in [6, 6.07) is 16.5. The second-order valence-corrected chi connectivity index (χ2v) is 5.95. The number of benzene rings is 2. The third-order valence-electron chi connectivity index (χ3n) is 4.40. The number of aromatic nitrogens is 1. The Morgan fingerprint density at radius 3 is 2.72 bits per heavy atom. The van der Waals surface area contributed by atoms with Crippen LogP contribution in [-0.4, -0.2) is 24.8 Å². The van der Waals surface area contributed by atoms with Crippen molar-refractivity contribution in [2.24, 2.45) is 0 Å². The number of anilines is 1. The highest BCUT2D eigenvalue weighted by atomic mass is 19.1. The van der Waals surface area contributed by atoms with E-state index in [1.807, 2.05) is 41.1 Å². The molecular weight excluding hydrogens is 319 g/mol. The van der Waals surface area contributed by atoms with E-state index in [4.69, 9.17) is 9.47 Å². The maximum Gasteiger partial charge on any atom is 0.158 e. The van der Waals surface area contributed by atoms with E-state index in [2.05, 4.69) is 11.1 Å². The molecule has 2 heterocycles. The normalized spacial score (nSPS) is 17.0. The molecule has 2 aromatic carbocycles. The SMILES string of the molecule is COc1cccc(-n2ccc(C3OCCN3c3ccc(F)cc3)c2)c1. The van der Waals surface area contributed by atoms with E-state index in [1.54, 1.807) is 19.2 Å². The van der Waals surface area contributed by atoms with E-state index in [1.165, 1.54) is 12.1 Å². The van der Waals surface area contributed by atoms with Crippen molar-refractivity contribution in [3.05, 3.63) is 78.4 Å². The van der Waals surface area contributed by atoms with Gasteiger partial charge in [-0.05, 0) is 42.5 Å². The largest absolute Gasteiger partial charge is 0.497 e. The summed E-state index contributed by atoms with van der Waals surface area (Å²) in [5.41, 5.74) is 3.04. The zero-order chi connectivity index (χ0) is 17.2. The van der Waals surface area contributed by atoms with Gasteiger partial charge in [0.2, 0.25) is 0 Å². The lowest BCUT2D eigenvalue weighted by Gasteiger charge is -2.24. The molecule has 1 aliphatic rings. The lowest BCUT2D eigenvalue weighted by Crippen LogP contribution is -2.22. The zero-order valence-electron chi connectivity index (χ0n) is 13.9. The summed E-state index contributed by atoms with van der Waals surface area (Å²) in [6.07, 6.45) is 3.90. The van der Waals surface area contributed by atoms with Gasteiger partial charge in [0.15, 0.2) is 6.23 Å². The Hall–Kier alpha value is -2.79. The lowest BCUT2D eigenvalue weighted by atomic mass is 10.2. The molecule has 1 aliphatic heterocycles. The van der Waals surface area contributed by atoms with E-state index in [0.717, 1.165) is 29.2 Å². The minimum atomic E-state index is -0.232. The van der Waals surface area contributed by atoms with Crippen LogP contribution in [0.15, 0.2) is 67.0 Å². The first-order chi connectivity index (χ1) is 12.2. The topological polar surface area (TPSA) is 26.6 Å². The molecule has 0 amide bonds. The Morgan fingerprint density at radius 1 is 1.08 bits per heavy atom. The van der Waals surface area contributed by atoms with Crippen LogP contribution < -0.4 is 9.64 Å². The minimum absolute atomic E-state index is 0.169. The van der Waals surface area contributed by atoms with Crippen molar-refractivity contribution < 1.29 is 13.9 Å². The molecular formula is C20H19FN2O2. The number of halogens is 1. The van der Waals surface area contributed by atoms with Crippen LogP contribution in [-0.2, 0) is 4.74 Å². The van der Waals surface area contributed by atoms with Gasteiger partial charge in [-0.2, -0.15) is 0 Å². The average molecular weight is 338 g/mol. The molecule has 0 bridgehead atoms. The Bertz CT molecular complexity index is 860. The summed E-state index contributed by atoms with van der Waals surface area (Å²) in [5.74, 6) is 0.586. The molecule has 1 unspecified atom stereocenters. The van der Waals surface area contributed by atoms with Gasteiger partial charge < -0.3 is 18.9 Å². The Labute approximate surface area is 146 Å². The molecule has 4 nitrogen and oxygen atoms in total. The molecule has 1 atom stereocenters. The smallest absolute Gasteiger partial charge is 0.158 e. The standard InChI is InChI=1S/C20H19FN2O2/c1-24-19-4-2-3-18(13-19)22-10-9-15(14-22)20-23(11-12-25-20)17-7-5-16(21)6-8-17/h2-10,13-14,20H,11-12H2,1H3. The van der Waals surface area contributed by atoms with Crippen molar-refractivity contribution in [1.29, 1.82) is 0 Å². The van der Waals surface area contributed by atoms with Gasteiger partial charge in [0.05, 0.1) is 13.7 Å². The van der Waals surface area contributed by atoms with Crippen LogP contribution in [0.25, 0.3) is 5.69 Å². The van der Waals surface area contributed by atoms with Crippen molar-refractivity contribution >= 4 is 5.69 Å². The maximum atomic E-state index is 13.2. The quantitative estimate of drug-likeness (QED) is 0.715. The average Bonchev–Trinajstić information content (AvgIpc) is 3.31. The summed E-state index contributed by atoms with van der Waals surface area (Å²) in [5, 5.41) is 0. The summed E-state index contributed by atoms with van der Waals surface area (Å²) >= 11 is 0. The van der Waals surface area contributed by atoms with Gasteiger partial charge in [0, 0.05) is 41.9 Å². The van der Waals surface area contributed by atoms with Crippen LogP contribution in [0.3, 0.4) is 0 Å². The van der Waals surface area contributed by atoms with E-state index in [0.29, 0.717) is 6.61 Å². The molecule has 0 radical (unpaired) electrons. The van der Waals surface area contributed by atoms with Crippen LogP contribution in [0.2, 0.25) is 0 Å². The van der Waals surface area contributed by atoms with E-state index in [-0.39, 0.29) is 12.0 Å². The van der Waals surface area contributed by atoms with Crippen molar-refractivity contribution in [2.75, 3.05) is 25.2 Å². The van der Waals surface area contributed by atoms with Crippen molar-refractivity contribution in [1.82, 2.24) is 4.57 Å². The first-order valence-electron chi connectivity index (χ1n) is 8.21. The second kappa shape index (κ2) is 6.61. The van der Waals surface area contributed by atoms with Crippen molar-refractivity contribution in [3.8, 4) is 11.4 Å². The highest BCUT2D eigenvalue weighted by Gasteiger charge is 2.28. The molecule has 1 saturated heterocycles. The second-order valence-electron chi connectivity index (χ2n) is 5.95. The molecule has 5 heteroatoms. The van der Waals surface area contributed by atoms with Crippen LogP contribution >= 0.6 is 0 Å². The van der Waals surface area contributed by atoms with Gasteiger partial charge >= 0.3 is 0 Å². The fraction of sp³-hybridized carbons (Fsp3) is 0.200. The van der Waals surface area contributed by atoms with Gasteiger partial charge in [0.1, 0.15) is 11.6 Å². The zero-order valence-corrected chi connectivity index (χ0v) is 13.9. The molecule has 4 rings (SSSR count). The predicted molar refractivity (Wildman–Crippen MR) is 94.8 cm³/mol. The minimum Gasteiger partial charge on any atom is -0.497 e. The third-order valence-corrected chi connectivity index (χ3v) is 4.40. The van der Waals surface area contributed by atoms with Crippen LogP contribution in [0.4, 0.5) is 10.1 Å². The highest BCUT2D eigenvalue weighted by Crippen LogP contribution is 2.33. The summed E-state index contributed by atoms with van der Waals surface area (Å²) < 4.78 is 26.4. The Balaban J connectivity index is 1.61. The van der Waals surface area contributed by atoms with Crippen LogP contribution in [0.1, 0.15) is 11.8 Å². The van der Waals surface area contributed by atoms with Gasteiger partial charge in [0.25, 0.3) is 0 Å². The fourth-order valence-electron chi connectivity index (χ4n) is 3.13. The van der Waals surface area contributed by atoms with E-state index < -0.39 is 0 Å². The number of nitrogens with zero attached hydrogens (tertiary/aromatic N) is 2. The van der Waals surface area contributed by atoms with Crippen LogP contribution in [0.5, 0.6) is 5.75 Å². The van der Waals surface area contributed by atoms with Gasteiger partial charge in [-0.25, -0.2) is 4.39 Å². The summed E-state index contributed by atoms with van der Waals surface area (Å²) in [7, 11) is 1.66. The van der Waals surface area contributed by atoms with Crippen molar-refractivity contribution in [3.63, 3.8) is 0 Å². The summed E-state index contributed by atoms with van der Waals surface area (Å²) in [6.45, 7) is 1.42. The highest BCUT2D eigenvalue weighted by molar-refractivity contribution is 5.49. The number of rotatable bonds is 4. The molecule has 0 spiro atoms. The van der Waals surface area contributed by atoms with E-state index in [9.17, 15) is 4.39 Å². The molecule has 3 aromatic rings. The molecule has 25 heavy (non-hydrogen) atoms. The molecule has 1 fully saturated rings. The number of ether oxygens (including phenoxy) is 2. The van der Waals surface area contributed by atoms with Crippen LogP contribution in [0, 0.1) is 5.82 Å². The maximum absolute atomic E-state index is 13.2. The third kappa shape index (κ3) is 3.10. The van der Waals surface area contributed by atoms with Gasteiger partial charge in [-0.3, -0.25) is 0 Å². The van der Waals surface area contributed by atoms with Crippen molar-refractivity contribution in [2.45, 2.75) is 6.23 Å². The van der Waals surface area contributed by atoms with Gasteiger partial charge in [-0.15, -0.1) is 0 Å².